The van der Waals surface area contributed by atoms with Gasteiger partial charge in [-0.15, -0.1) is 0 Å². The summed E-state index contributed by atoms with van der Waals surface area (Å²) in [6.07, 6.45) is 1.01. The molecule has 0 radical (unpaired) electrons. The SMILES string of the molecule is CC1(C)CC(=O)C[C@@H](c2ccccc2O)N1. The Bertz CT molecular complexity index is 412. The molecule has 1 aliphatic rings. The quantitative estimate of drug-likeness (QED) is 0.761. The molecule has 86 valence electrons. The normalized spacial score (nSPS) is 24.4. The minimum absolute atomic E-state index is 0.0718. The van der Waals surface area contributed by atoms with Gasteiger partial charge in [-0.25, -0.2) is 0 Å². The van der Waals surface area contributed by atoms with Crippen LogP contribution >= 0.6 is 0 Å². The molecule has 0 bridgehead atoms. The molecule has 1 aliphatic heterocycles. The third-order valence-electron chi connectivity index (χ3n) is 2.95. The number of nitrogens with one attached hydrogen (secondary N) is 1. The first-order valence-electron chi connectivity index (χ1n) is 5.55. The lowest BCUT2D eigenvalue weighted by Crippen LogP contribution is -2.48. The van der Waals surface area contributed by atoms with E-state index in [1.807, 2.05) is 26.0 Å². The summed E-state index contributed by atoms with van der Waals surface area (Å²) >= 11 is 0. The van der Waals surface area contributed by atoms with Crippen molar-refractivity contribution in [3.63, 3.8) is 0 Å². The number of rotatable bonds is 1. The molecule has 1 fully saturated rings. The molecule has 0 aromatic heterocycles. The van der Waals surface area contributed by atoms with Crippen LogP contribution < -0.4 is 5.32 Å². The largest absolute Gasteiger partial charge is 0.508 e. The molecular formula is C13H17NO2. The Morgan fingerprint density at radius 1 is 1.38 bits per heavy atom. The summed E-state index contributed by atoms with van der Waals surface area (Å²) in [5.74, 6) is 0.502. The van der Waals surface area contributed by atoms with E-state index in [-0.39, 0.29) is 23.1 Å². The number of aromatic hydroxyl groups is 1. The van der Waals surface area contributed by atoms with E-state index in [0.717, 1.165) is 5.56 Å². The first-order valence-corrected chi connectivity index (χ1v) is 5.55. The first-order chi connectivity index (χ1) is 7.48. The van der Waals surface area contributed by atoms with Gasteiger partial charge in [-0.3, -0.25) is 4.79 Å². The second-order valence-corrected chi connectivity index (χ2v) is 5.06. The van der Waals surface area contributed by atoms with Gasteiger partial charge in [0, 0.05) is 30.0 Å². The van der Waals surface area contributed by atoms with E-state index in [4.69, 9.17) is 0 Å². The molecule has 0 spiro atoms. The van der Waals surface area contributed by atoms with Gasteiger partial charge in [-0.05, 0) is 19.9 Å². The highest BCUT2D eigenvalue weighted by Gasteiger charge is 2.33. The van der Waals surface area contributed by atoms with Crippen molar-refractivity contribution in [1.82, 2.24) is 5.32 Å². The Labute approximate surface area is 95.5 Å². The van der Waals surface area contributed by atoms with Crippen LogP contribution in [0.15, 0.2) is 24.3 Å². The molecule has 0 amide bonds. The third-order valence-corrected chi connectivity index (χ3v) is 2.95. The Kier molecular flexibility index (Phi) is 2.72. The number of carbonyl (C=O) groups excluding carboxylic acids is 1. The first kappa shape index (κ1) is 11.1. The van der Waals surface area contributed by atoms with Crippen molar-refractivity contribution in [3.05, 3.63) is 29.8 Å². The van der Waals surface area contributed by atoms with E-state index in [9.17, 15) is 9.90 Å². The number of phenols is 1. The number of ketones is 1. The fourth-order valence-electron chi connectivity index (χ4n) is 2.34. The molecule has 0 aliphatic carbocycles. The maximum Gasteiger partial charge on any atom is 0.136 e. The minimum Gasteiger partial charge on any atom is -0.508 e. The van der Waals surface area contributed by atoms with Crippen LogP contribution in [0, 0.1) is 0 Å². The zero-order chi connectivity index (χ0) is 11.8. The minimum atomic E-state index is -0.192. The molecule has 3 nitrogen and oxygen atoms in total. The molecule has 16 heavy (non-hydrogen) atoms. The predicted octanol–water partition coefficient (Wildman–Crippen LogP) is 2.16. The molecule has 1 aromatic carbocycles. The molecule has 0 saturated carbocycles. The average Bonchev–Trinajstić information content (AvgIpc) is 2.15. The maximum atomic E-state index is 11.7. The predicted molar refractivity (Wildman–Crippen MR) is 62.3 cm³/mol. The van der Waals surface area contributed by atoms with Crippen molar-refractivity contribution in [2.24, 2.45) is 0 Å². The van der Waals surface area contributed by atoms with Gasteiger partial charge in [0.25, 0.3) is 0 Å². The van der Waals surface area contributed by atoms with Gasteiger partial charge in [-0.2, -0.15) is 0 Å². The van der Waals surface area contributed by atoms with Gasteiger partial charge < -0.3 is 10.4 Å². The molecule has 2 rings (SSSR count). The molecule has 2 N–H and O–H groups in total. The molecule has 1 atom stereocenters. The van der Waals surface area contributed by atoms with Crippen molar-refractivity contribution >= 4 is 5.78 Å². The molecule has 1 aromatic rings. The third kappa shape index (κ3) is 2.25. The molecular weight excluding hydrogens is 202 g/mol. The zero-order valence-corrected chi connectivity index (χ0v) is 9.66. The highest BCUT2D eigenvalue weighted by Crippen LogP contribution is 2.32. The summed E-state index contributed by atoms with van der Waals surface area (Å²) in [7, 11) is 0. The van der Waals surface area contributed by atoms with Gasteiger partial charge in [0.2, 0.25) is 0 Å². The Balaban J connectivity index is 2.28. The van der Waals surface area contributed by atoms with Crippen LogP contribution in [0.2, 0.25) is 0 Å². The van der Waals surface area contributed by atoms with Crippen molar-refractivity contribution in [3.8, 4) is 5.75 Å². The van der Waals surface area contributed by atoms with E-state index in [2.05, 4.69) is 5.32 Å². The number of hydrogen-bond donors (Lipinski definition) is 2. The summed E-state index contributed by atoms with van der Waals surface area (Å²) in [6, 6.07) is 7.11. The van der Waals surface area contributed by atoms with Crippen LogP contribution in [-0.4, -0.2) is 16.4 Å². The van der Waals surface area contributed by atoms with E-state index in [0.29, 0.717) is 12.8 Å². The topological polar surface area (TPSA) is 49.3 Å². The number of Topliss-reactive ketones (excluding diaryl/α,β-unsaturated/α-hetero) is 1. The summed E-state index contributed by atoms with van der Waals surface area (Å²) in [5, 5.41) is 13.2. The Morgan fingerprint density at radius 2 is 2.06 bits per heavy atom. The van der Waals surface area contributed by atoms with Crippen molar-refractivity contribution in [2.45, 2.75) is 38.3 Å². The second kappa shape index (κ2) is 3.91. The number of para-hydroxylation sites is 1. The Morgan fingerprint density at radius 3 is 2.69 bits per heavy atom. The summed E-state index contributed by atoms with van der Waals surface area (Å²) in [6.45, 7) is 4.02. The fraction of sp³-hybridized carbons (Fsp3) is 0.462. The van der Waals surface area contributed by atoms with Crippen LogP contribution in [0.4, 0.5) is 0 Å². The maximum absolute atomic E-state index is 11.7. The van der Waals surface area contributed by atoms with E-state index >= 15 is 0 Å². The van der Waals surface area contributed by atoms with Gasteiger partial charge in [0.15, 0.2) is 0 Å². The number of carbonyl (C=O) groups is 1. The van der Waals surface area contributed by atoms with Gasteiger partial charge in [0.1, 0.15) is 11.5 Å². The van der Waals surface area contributed by atoms with Crippen LogP contribution in [0.1, 0.15) is 38.3 Å². The van der Waals surface area contributed by atoms with Crippen molar-refractivity contribution in [1.29, 1.82) is 0 Å². The lowest BCUT2D eigenvalue weighted by Gasteiger charge is -2.36. The highest BCUT2D eigenvalue weighted by molar-refractivity contribution is 5.81. The number of hydrogen-bond acceptors (Lipinski definition) is 3. The smallest absolute Gasteiger partial charge is 0.136 e. The lowest BCUT2D eigenvalue weighted by atomic mass is 9.85. The summed E-state index contributed by atoms with van der Waals surface area (Å²) < 4.78 is 0. The highest BCUT2D eigenvalue weighted by atomic mass is 16.3. The molecule has 1 saturated heterocycles. The van der Waals surface area contributed by atoms with Crippen LogP contribution in [0.5, 0.6) is 5.75 Å². The lowest BCUT2D eigenvalue weighted by molar-refractivity contribution is -0.122. The van der Waals surface area contributed by atoms with E-state index < -0.39 is 0 Å². The monoisotopic (exact) mass is 219 g/mol. The fourth-order valence-corrected chi connectivity index (χ4v) is 2.34. The van der Waals surface area contributed by atoms with Crippen LogP contribution in [-0.2, 0) is 4.79 Å². The van der Waals surface area contributed by atoms with Crippen LogP contribution in [0.3, 0.4) is 0 Å². The standard InChI is InChI=1S/C13H17NO2/c1-13(2)8-9(15)7-11(14-13)10-5-3-4-6-12(10)16/h3-6,11,14,16H,7-8H2,1-2H3/t11-/m0/s1. The molecule has 0 unspecified atom stereocenters. The van der Waals surface area contributed by atoms with E-state index in [1.54, 1.807) is 12.1 Å². The second-order valence-electron chi connectivity index (χ2n) is 5.06. The molecule has 1 heterocycles. The van der Waals surface area contributed by atoms with Gasteiger partial charge >= 0.3 is 0 Å². The number of piperidine rings is 1. The molecule has 3 heteroatoms. The Hall–Kier alpha value is -1.35. The zero-order valence-electron chi connectivity index (χ0n) is 9.66. The van der Waals surface area contributed by atoms with Gasteiger partial charge in [-0.1, -0.05) is 18.2 Å². The van der Waals surface area contributed by atoms with Crippen molar-refractivity contribution < 1.29 is 9.90 Å². The number of phenolic OH excluding ortho intramolecular Hbond substituents is 1. The number of benzene rings is 1. The van der Waals surface area contributed by atoms with Crippen LogP contribution in [0.25, 0.3) is 0 Å². The summed E-state index contributed by atoms with van der Waals surface area (Å²) in [5.41, 5.74) is 0.617. The van der Waals surface area contributed by atoms with Crippen molar-refractivity contribution in [2.75, 3.05) is 0 Å². The average molecular weight is 219 g/mol. The summed E-state index contributed by atoms with van der Waals surface area (Å²) in [4.78, 5) is 11.7. The van der Waals surface area contributed by atoms with Gasteiger partial charge in [0.05, 0.1) is 0 Å². The van der Waals surface area contributed by atoms with E-state index in [1.165, 1.54) is 0 Å².